The molecule has 1 aromatic rings. The molecule has 0 unspecified atom stereocenters. The lowest BCUT2D eigenvalue weighted by atomic mass is 9.94. The number of primary amides is 1. The summed E-state index contributed by atoms with van der Waals surface area (Å²) in [6.45, 7) is 3.85. The second-order valence-corrected chi connectivity index (χ2v) is 4.83. The number of urea groups is 1. The van der Waals surface area contributed by atoms with Crippen LogP contribution in [-0.2, 0) is 10.3 Å². The molecule has 0 bridgehead atoms. The number of amides is 3. The summed E-state index contributed by atoms with van der Waals surface area (Å²) in [7, 11) is 0. The molecule has 1 aromatic carbocycles. The Labute approximate surface area is 111 Å². The van der Waals surface area contributed by atoms with Crippen LogP contribution >= 0.6 is 11.6 Å². The van der Waals surface area contributed by atoms with Gasteiger partial charge in [0, 0.05) is 10.6 Å². The Kier molecular flexibility index (Phi) is 4.69. The number of imide groups is 1. The summed E-state index contributed by atoms with van der Waals surface area (Å²) in [6.07, 6.45) is 0. The monoisotopic (exact) mass is 269 g/mol. The Morgan fingerprint density at radius 3 is 2.33 bits per heavy atom. The largest absolute Gasteiger partial charge is 0.351 e. The fourth-order valence-corrected chi connectivity index (χ4v) is 1.58. The van der Waals surface area contributed by atoms with E-state index < -0.39 is 17.5 Å². The van der Waals surface area contributed by atoms with Crippen molar-refractivity contribution in [3.8, 4) is 0 Å². The molecule has 0 saturated carbocycles. The van der Waals surface area contributed by atoms with Crippen molar-refractivity contribution in [2.24, 2.45) is 5.73 Å². The highest BCUT2D eigenvalue weighted by Crippen LogP contribution is 2.21. The van der Waals surface area contributed by atoms with Gasteiger partial charge in [0.1, 0.15) is 0 Å². The van der Waals surface area contributed by atoms with Gasteiger partial charge < -0.3 is 5.73 Å². The van der Waals surface area contributed by atoms with Gasteiger partial charge in [-0.1, -0.05) is 23.7 Å². The summed E-state index contributed by atoms with van der Waals surface area (Å²) in [5.74, 6) is -0.468. The van der Waals surface area contributed by atoms with Crippen LogP contribution in [0.3, 0.4) is 0 Å². The minimum Gasteiger partial charge on any atom is -0.351 e. The molecule has 1 rings (SSSR count). The zero-order chi connectivity index (χ0) is 13.8. The lowest BCUT2D eigenvalue weighted by Gasteiger charge is -2.26. The minimum absolute atomic E-state index is 0.00142. The van der Waals surface area contributed by atoms with Gasteiger partial charge in [-0.05, 0) is 31.5 Å². The van der Waals surface area contributed by atoms with Crippen LogP contribution in [0.2, 0.25) is 5.02 Å². The van der Waals surface area contributed by atoms with Crippen LogP contribution in [-0.4, -0.2) is 18.5 Å². The third kappa shape index (κ3) is 4.35. The van der Waals surface area contributed by atoms with E-state index in [1.165, 1.54) is 0 Å². The number of carbonyl (C=O) groups excluding carboxylic acids is 2. The Balaban J connectivity index is 2.62. The van der Waals surface area contributed by atoms with Gasteiger partial charge in [-0.25, -0.2) is 4.79 Å². The molecular formula is C12H16ClN3O2. The van der Waals surface area contributed by atoms with Crippen molar-refractivity contribution in [3.63, 3.8) is 0 Å². The van der Waals surface area contributed by atoms with E-state index >= 15 is 0 Å². The summed E-state index contributed by atoms with van der Waals surface area (Å²) in [6, 6.07) is 6.46. The SMILES string of the molecule is CC(C)(NCC(=O)NC(N)=O)c1ccc(Cl)cc1. The summed E-state index contributed by atoms with van der Waals surface area (Å²) >= 11 is 5.81. The van der Waals surface area contributed by atoms with Crippen molar-refractivity contribution < 1.29 is 9.59 Å². The second-order valence-electron chi connectivity index (χ2n) is 4.40. The first kappa shape index (κ1) is 14.5. The molecule has 0 saturated heterocycles. The van der Waals surface area contributed by atoms with Gasteiger partial charge in [0.05, 0.1) is 6.54 Å². The summed E-state index contributed by atoms with van der Waals surface area (Å²) in [5, 5.41) is 5.68. The molecule has 0 atom stereocenters. The normalized spacial score (nSPS) is 11.1. The standard InChI is InChI=1S/C12H16ClN3O2/c1-12(2,8-3-5-9(13)6-4-8)15-7-10(17)16-11(14)18/h3-6,15H,7H2,1-2H3,(H3,14,16,17,18). The van der Waals surface area contributed by atoms with Crippen LogP contribution < -0.4 is 16.4 Å². The summed E-state index contributed by atoms with van der Waals surface area (Å²) in [5.41, 5.74) is 5.42. The zero-order valence-corrected chi connectivity index (χ0v) is 11.0. The van der Waals surface area contributed by atoms with Gasteiger partial charge in [-0.3, -0.25) is 15.4 Å². The van der Waals surface area contributed by atoms with Crippen molar-refractivity contribution in [2.75, 3.05) is 6.54 Å². The van der Waals surface area contributed by atoms with Gasteiger partial charge in [-0.2, -0.15) is 0 Å². The molecule has 98 valence electrons. The predicted octanol–water partition coefficient (Wildman–Crippen LogP) is 1.36. The quantitative estimate of drug-likeness (QED) is 0.772. The molecule has 5 nitrogen and oxygen atoms in total. The maximum absolute atomic E-state index is 11.3. The maximum atomic E-state index is 11.3. The van der Waals surface area contributed by atoms with E-state index in [-0.39, 0.29) is 6.54 Å². The van der Waals surface area contributed by atoms with E-state index in [0.717, 1.165) is 5.56 Å². The molecule has 0 aliphatic rings. The maximum Gasteiger partial charge on any atom is 0.318 e. The molecule has 0 fully saturated rings. The van der Waals surface area contributed by atoms with E-state index in [1.807, 2.05) is 31.3 Å². The van der Waals surface area contributed by atoms with Gasteiger partial charge in [0.15, 0.2) is 0 Å². The van der Waals surface area contributed by atoms with Crippen LogP contribution in [0.25, 0.3) is 0 Å². The van der Waals surface area contributed by atoms with Crippen molar-refractivity contribution in [3.05, 3.63) is 34.9 Å². The van der Waals surface area contributed by atoms with Crippen molar-refractivity contribution in [1.29, 1.82) is 0 Å². The molecular weight excluding hydrogens is 254 g/mol. The van der Waals surface area contributed by atoms with Gasteiger partial charge in [0.2, 0.25) is 5.91 Å². The first-order valence-corrected chi connectivity index (χ1v) is 5.79. The van der Waals surface area contributed by atoms with Crippen molar-refractivity contribution in [1.82, 2.24) is 10.6 Å². The zero-order valence-electron chi connectivity index (χ0n) is 10.3. The topological polar surface area (TPSA) is 84.2 Å². The summed E-state index contributed by atoms with van der Waals surface area (Å²) in [4.78, 5) is 21.8. The number of hydrogen-bond donors (Lipinski definition) is 3. The highest BCUT2D eigenvalue weighted by molar-refractivity contribution is 6.30. The Morgan fingerprint density at radius 2 is 1.83 bits per heavy atom. The Hall–Kier alpha value is -1.59. The molecule has 0 aromatic heterocycles. The number of halogens is 1. The molecule has 0 heterocycles. The molecule has 0 aliphatic heterocycles. The van der Waals surface area contributed by atoms with Gasteiger partial charge in [0.25, 0.3) is 0 Å². The lowest BCUT2D eigenvalue weighted by molar-refractivity contribution is -0.119. The lowest BCUT2D eigenvalue weighted by Crippen LogP contribution is -2.46. The highest BCUT2D eigenvalue weighted by atomic mass is 35.5. The first-order chi connectivity index (χ1) is 8.31. The van der Waals surface area contributed by atoms with Gasteiger partial charge in [-0.15, -0.1) is 0 Å². The van der Waals surface area contributed by atoms with Crippen LogP contribution in [0.1, 0.15) is 19.4 Å². The minimum atomic E-state index is -0.855. The molecule has 4 N–H and O–H groups in total. The average molecular weight is 270 g/mol. The number of hydrogen-bond acceptors (Lipinski definition) is 3. The molecule has 0 spiro atoms. The van der Waals surface area contributed by atoms with Crippen molar-refractivity contribution in [2.45, 2.75) is 19.4 Å². The van der Waals surface area contributed by atoms with E-state index in [0.29, 0.717) is 5.02 Å². The number of benzene rings is 1. The fourth-order valence-electron chi connectivity index (χ4n) is 1.45. The Bertz CT molecular complexity index is 443. The van der Waals surface area contributed by atoms with Gasteiger partial charge >= 0.3 is 6.03 Å². The van der Waals surface area contributed by atoms with E-state index in [4.69, 9.17) is 17.3 Å². The third-order valence-corrected chi connectivity index (χ3v) is 2.77. The number of nitrogens with one attached hydrogen (secondary N) is 2. The fraction of sp³-hybridized carbons (Fsp3) is 0.333. The van der Waals surface area contributed by atoms with Crippen LogP contribution in [0.4, 0.5) is 4.79 Å². The number of nitrogens with two attached hydrogens (primary N) is 1. The van der Waals surface area contributed by atoms with Crippen LogP contribution in [0, 0.1) is 0 Å². The molecule has 0 radical (unpaired) electrons. The van der Waals surface area contributed by atoms with E-state index in [2.05, 4.69) is 5.32 Å². The third-order valence-electron chi connectivity index (χ3n) is 2.52. The van der Waals surface area contributed by atoms with Crippen molar-refractivity contribution >= 4 is 23.5 Å². The van der Waals surface area contributed by atoms with Crippen LogP contribution in [0.5, 0.6) is 0 Å². The second kappa shape index (κ2) is 5.84. The van der Waals surface area contributed by atoms with E-state index in [9.17, 15) is 9.59 Å². The molecule has 6 heteroatoms. The number of rotatable bonds is 4. The molecule has 3 amide bonds. The smallest absolute Gasteiger partial charge is 0.318 e. The van der Waals surface area contributed by atoms with E-state index in [1.54, 1.807) is 12.1 Å². The summed E-state index contributed by atoms with van der Waals surface area (Å²) < 4.78 is 0. The van der Waals surface area contributed by atoms with Crippen LogP contribution in [0.15, 0.2) is 24.3 Å². The average Bonchev–Trinajstić information content (AvgIpc) is 2.26. The molecule has 18 heavy (non-hydrogen) atoms. The highest BCUT2D eigenvalue weighted by Gasteiger charge is 2.20. The number of carbonyl (C=O) groups is 2. The molecule has 0 aliphatic carbocycles. The Morgan fingerprint density at radius 1 is 1.28 bits per heavy atom. The predicted molar refractivity (Wildman–Crippen MR) is 70.2 cm³/mol. The first-order valence-electron chi connectivity index (χ1n) is 5.41.